The Bertz CT molecular complexity index is 615. The van der Waals surface area contributed by atoms with Gasteiger partial charge in [-0.15, -0.1) is 24.0 Å². The van der Waals surface area contributed by atoms with Crippen LogP contribution in [0.1, 0.15) is 51.1 Å². The van der Waals surface area contributed by atoms with E-state index < -0.39 is 0 Å². The zero-order valence-corrected chi connectivity index (χ0v) is 17.6. The third kappa shape index (κ3) is 4.99. The lowest BCUT2D eigenvalue weighted by atomic mass is 10.0. The van der Waals surface area contributed by atoms with Gasteiger partial charge >= 0.3 is 0 Å². The standard InChI is InChI=1S/C19H28FN3O.HI/c1-4-21-18(22-12-19(9-10-19)15-6-7-15)23-13(2)14-5-8-17(24-3)16(20)11-14;/h5,8,11,13,15H,4,6-7,9-10,12H2,1-3H3,(H2,21,22,23);1H. The minimum Gasteiger partial charge on any atom is -0.494 e. The van der Waals surface area contributed by atoms with Crippen LogP contribution in [0.2, 0.25) is 0 Å². The van der Waals surface area contributed by atoms with Crippen molar-refractivity contribution in [3.63, 3.8) is 0 Å². The fourth-order valence-corrected chi connectivity index (χ4v) is 3.35. The minimum absolute atomic E-state index is 0. The smallest absolute Gasteiger partial charge is 0.191 e. The molecule has 2 saturated carbocycles. The summed E-state index contributed by atoms with van der Waals surface area (Å²) < 4.78 is 18.9. The van der Waals surface area contributed by atoms with Crippen LogP contribution in [0.25, 0.3) is 0 Å². The highest BCUT2D eigenvalue weighted by atomic mass is 127. The molecule has 2 aliphatic carbocycles. The van der Waals surface area contributed by atoms with Crippen molar-refractivity contribution in [2.24, 2.45) is 16.3 Å². The van der Waals surface area contributed by atoms with Crippen LogP contribution in [0.4, 0.5) is 4.39 Å². The van der Waals surface area contributed by atoms with Crippen LogP contribution in [0.3, 0.4) is 0 Å². The molecule has 2 N–H and O–H groups in total. The number of nitrogens with zero attached hydrogens (tertiary/aromatic N) is 1. The normalized spacial score (nSPS) is 19.6. The summed E-state index contributed by atoms with van der Waals surface area (Å²) in [5.74, 6) is 1.65. The van der Waals surface area contributed by atoms with Crippen molar-refractivity contribution >= 4 is 29.9 Å². The molecule has 6 heteroatoms. The highest BCUT2D eigenvalue weighted by Gasteiger charge is 2.53. The Morgan fingerprint density at radius 2 is 2.12 bits per heavy atom. The molecule has 0 saturated heterocycles. The first-order chi connectivity index (χ1) is 11.6. The van der Waals surface area contributed by atoms with Crippen molar-refractivity contribution in [3.05, 3.63) is 29.6 Å². The van der Waals surface area contributed by atoms with Gasteiger partial charge in [-0.05, 0) is 68.6 Å². The molecular formula is C19H29FIN3O. The Morgan fingerprint density at radius 1 is 1.40 bits per heavy atom. The molecule has 0 aliphatic heterocycles. The summed E-state index contributed by atoms with van der Waals surface area (Å²) in [7, 11) is 1.48. The Hall–Kier alpha value is -1.05. The van der Waals surface area contributed by atoms with Crippen LogP contribution >= 0.6 is 24.0 Å². The second kappa shape index (κ2) is 8.56. The molecule has 1 aromatic rings. The number of benzene rings is 1. The van der Waals surface area contributed by atoms with E-state index in [2.05, 4.69) is 17.6 Å². The molecule has 0 amide bonds. The zero-order valence-electron chi connectivity index (χ0n) is 15.3. The third-order valence-corrected chi connectivity index (χ3v) is 5.26. The lowest BCUT2D eigenvalue weighted by Crippen LogP contribution is -2.39. The van der Waals surface area contributed by atoms with Gasteiger partial charge in [-0.25, -0.2) is 4.39 Å². The number of halogens is 2. The molecule has 0 spiro atoms. The van der Waals surface area contributed by atoms with Crippen molar-refractivity contribution in [2.75, 3.05) is 20.2 Å². The Kier molecular flexibility index (Phi) is 6.93. The lowest BCUT2D eigenvalue weighted by Gasteiger charge is -2.20. The Labute approximate surface area is 167 Å². The highest BCUT2D eigenvalue weighted by Crippen LogP contribution is 2.61. The number of nitrogens with one attached hydrogen (secondary N) is 2. The summed E-state index contributed by atoms with van der Waals surface area (Å²) in [6.45, 7) is 5.78. The fourth-order valence-electron chi connectivity index (χ4n) is 3.35. The summed E-state index contributed by atoms with van der Waals surface area (Å²) >= 11 is 0. The highest BCUT2D eigenvalue weighted by molar-refractivity contribution is 14.0. The maximum absolute atomic E-state index is 13.9. The summed E-state index contributed by atoms with van der Waals surface area (Å²) in [4.78, 5) is 4.81. The molecule has 1 atom stereocenters. The molecule has 1 unspecified atom stereocenters. The van der Waals surface area contributed by atoms with Gasteiger partial charge in [0.2, 0.25) is 0 Å². The quantitative estimate of drug-likeness (QED) is 0.363. The van der Waals surface area contributed by atoms with Gasteiger partial charge in [-0.1, -0.05) is 6.07 Å². The molecule has 4 nitrogen and oxygen atoms in total. The van der Waals surface area contributed by atoms with E-state index in [4.69, 9.17) is 9.73 Å². The van der Waals surface area contributed by atoms with Crippen LogP contribution in [-0.4, -0.2) is 26.2 Å². The summed E-state index contributed by atoms with van der Waals surface area (Å²) in [5, 5.41) is 6.69. The number of hydrogen-bond donors (Lipinski definition) is 2. The monoisotopic (exact) mass is 461 g/mol. The van der Waals surface area contributed by atoms with Crippen molar-refractivity contribution in [2.45, 2.75) is 45.6 Å². The van der Waals surface area contributed by atoms with Crippen LogP contribution in [0.15, 0.2) is 23.2 Å². The molecule has 3 rings (SSSR count). The van der Waals surface area contributed by atoms with Crippen molar-refractivity contribution < 1.29 is 9.13 Å². The topological polar surface area (TPSA) is 45.7 Å². The van der Waals surface area contributed by atoms with Gasteiger partial charge in [0.25, 0.3) is 0 Å². The largest absolute Gasteiger partial charge is 0.494 e. The summed E-state index contributed by atoms with van der Waals surface area (Å²) in [6.07, 6.45) is 5.39. The molecule has 0 heterocycles. The van der Waals surface area contributed by atoms with Crippen molar-refractivity contribution in [1.82, 2.24) is 10.6 Å². The van der Waals surface area contributed by atoms with E-state index in [1.165, 1.54) is 38.9 Å². The third-order valence-electron chi connectivity index (χ3n) is 5.26. The second-order valence-electron chi connectivity index (χ2n) is 7.09. The minimum atomic E-state index is -0.337. The fraction of sp³-hybridized carbons (Fsp3) is 0.632. The van der Waals surface area contributed by atoms with E-state index in [0.717, 1.165) is 30.5 Å². The first-order valence-electron chi connectivity index (χ1n) is 8.96. The van der Waals surface area contributed by atoms with Gasteiger partial charge in [0.05, 0.1) is 13.2 Å². The van der Waals surface area contributed by atoms with Crippen LogP contribution in [-0.2, 0) is 0 Å². The molecule has 140 valence electrons. The molecule has 2 fully saturated rings. The van der Waals surface area contributed by atoms with Gasteiger partial charge in [0.15, 0.2) is 17.5 Å². The lowest BCUT2D eigenvalue weighted by molar-refractivity contribution is 0.386. The maximum Gasteiger partial charge on any atom is 0.191 e. The number of ether oxygens (including phenoxy) is 1. The molecule has 2 aliphatic rings. The first-order valence-corrected chi connectivity index (χ1v) is 8.96. The Balaban J connectivity index is 0.00000225. The van der Waals surface area contributed by atoms with E-state index in [9.17, 15) is 4.39 Å². The summed E-state index contributed by atoms with van der Waals surface area (Å²) in [6, 6.07) is 5.04. The van der Waals surface area contributed by atoms with E-state index in [0.29, 0.717) is 5.41 Å². The second-order valence-corrected chi connectivity index (χ2v) is 7.09. The number of rotatable bonds is 7. The molecule has 0 bridgehead atoms. The number of methoxy groups -OCH3 is 1. The van der Waals surface area contributed by atoms with Crippen LogP contribution < -0.4 is 15.4 Å². The summed E-state index contributed by atoms with van der Waals surface area (Å²) in [5.41, 5.74) is 1.36. The van der Waals surface area contributed by atoms with Gasteiger partial charge in [0.1, 0.15) is 0 Å². The maximum atomic E-state index is 13.9. The van der Waals surface area contributed by atoms with E-state index >= 15 is 0 Å². The zero-order chi connectivity index (χ0) is 17.2. The van der Waals surface area contributed by atoms with Crippen molar-refractivity contribution in [3.8, 4) is 5.75 Å². The predicted octanol–water partition coefficient (Wildman–Crippen LogP) is 4.26. The SMILES string of the molecule is CCNC(=NCC1(C2CC2)CC1)NC(C)c1ccc(OC)c(F)c1.I. The molecule has 1 aromatic carbocycles. The molecule has 0 aromatic heterocycles. The van der Waals surface area contributed by atoms with Gasteiger partial charge in [-0.2, -0.15) is 0 Å². The molecule has 0 radical (unpaired) electrons. The van der Waals surface area contributed by atoms with Gasteiger partial charge < -0.3 is 15.4 Å². The van der Waals surface area contributed by atoms with E-state index in [-0.39, 0.29) is 41.6 Å². The molecular weight excluding hydrogens is 432 g/mol. The molecule has 25 heavy (non-hydrogen) atoms. The first kappa shape index (κ1) is 20.3. The van der Waals surface area contributed by atoms with Crippen molar-refractivity contribution in [1.29, 1.82) is 0 Å². The van der Waals surface area contributed by atoms with Crippen LogP contribution in [0, 0.1) is 17.2 Å². The van der Waals surface area contributed by atoms with Gasteiger partial charge in [0, 0.05) is 13.1 Å². The number of guanidine groups is 1. The number of aliphatic imine (C=N–C) groups is 1. The Morgan fingerprint density at radius 3 is 2.64 bits per heavy atom. The van der Waals surface area contributed by atoms with E-state index in [1.807, 2.05) is 13.0 Å². The van der Waals surface area contributed by atoms with Crippen LogP contribution in [0.5, 0.6) is 5.75 Å². The number of hydrogen-bond acceptors (Lipinski definition) is 2. The van der Waals surface area contributed by atoms with Gasteiger partial charge in [-0.3, -0.25) is 4.99 Å². The average molecular weight is 461 g/mol. The van der Waals surface area contributed by atoms with E-state index in [1.54, 1.807) is 6.07 Å². The predicted molar refractivity (Wildman–Crippen MR) is 110 cm³/mol. The average Bonchev–Trinajstić information content (AvgIpc) is 3.46.